The molecule has 3 heteroatoms. The molecule has 3 nitrogen and oxygen atoms in total. The summed E-state index contributed by atoms with van der Waals surface area (Å²) in [5.74, 6) is 0.947. The average molecular weight is 296 g/mol. The Hall–Kier alpha value is -1.87. The maximum absolute atomic E-state index is 5.26. The van der Waals surface area contributed by atoms with Crippen molar-refractivity contribution < 1.29 is 4.52 Å². The molecule has 0 fully saturated rings. The van der Waals surface area contributed by atoms with Crippen LogP contribution in [0.2, 0.25) is 0 Å². The molecule has 1 aliphatic heterocycles. The lowest BCUT2D eigenvalue weighted by Gasteiger charge is -2.26. The van der Waals surface area contributed by atoms with Crippen LogP contribution in [-0.2, 0) is 13.0 Å². The molecule has 0 bridgehead atoms. The maximum Gasteiger partial charge on any atom is 0.138 e. The summed E-state index contributed by atoms with van der Waals surface area (Å²) in [6, 6.07) is 9.00. The molecule has 0 saturated carbocycles. The van der Waals surface area contributed by atoms with Gasteiger partial charge in [0.1, 0.15) is 5.76 Å². The first-order chi connectivity index (χ1) is 10.7. The van der Waals surface area contributed by atoms with Crippen molar-refractivity contribution >= 4 is 5.57 Å². The fourth-order valence-corrected chi connectivity index (χ4v) is 3.02. The van der Waals surface area contributed by atoms with E-state index in [1.165, 1.54) is 22.3 Å². The number of aromatic nitrogens is 1. The molecule has 0 unspecified atom stereocenters. The molecule has 0 spiro atoms. The third kappa shape index (κ3) is 3.14. The molecule has 0 N–H and O–H groups in total. The van der Waals surface area contributed by atoms with Crippen LogP contribution in [0.3, 0.4) is 0 Å². The zero-order valence-corrected chi connectivity index (χ0v) is 13.7. The lowest BCUT2D eigenvalue weighted by Crippen LogP contribution is -2.28. The van der Waals surface area contributed by atoms with Crippen LogP contribution < -0.4 is 0 Å². The predicted molar refractivity (Wildman–Crippen MR) is 89.7 cm³/mol. The van der Waals surface area contributed by atoms with E-state index in [0.29, 0.717) is 0 Å². The van der Waals surface area contributed by atoms with Crippen molar-refractivity contribution in [3.8, 4) is 0 Å². The Balaban J connectivity index is 1.66. The van der Waals surface area contributed by atoms with Crippen molar-refractivity contribution in [1.82, 2.24) is 10.1 Å². The van der Waals surface area contributed by atoms with Gasteiger partial charge in [0.2, 0.25) is 0 Å². The zero-order chi connectivity index (χ0) is 15.5. The van der Waals surface area contributed by atoms with Crippen LogP contribution in [0.15, 0.2) is 34.9 Å². The highest BCUT2D eigenvalue weighted by Crippen LogP contribution is 2.24. The Labute approximate surface area is 132 Å². The second-order valence-electron chi connectivity index (χ2n) is 6.07. The largest absolute Gasteiger partial charge is 0.361 e. The van der Waals surface area contributed by atoms with Crippen molar-refractivity contribution in [2.24, 2.45) is 0 Å². The lowest BCUT2D eigenvalue weighted by atomic mass is 9.97. The quantitative estimate of drug-likeness (QED) is 0.849. The summed E-state index contributed by atoms with van der Waals surface area (Å²) in [5.41, 5.74) is 6.50. The molecule has 2 heterocycles. The van der Waals surface area contributed by atoms with Crippen molar-refractivity contribution in [3.05, 3.63) is 58.5 Å². The minimum absolute atomic E-state index is 0.930. The summed E-state index contributed by atoms with van der Waals surface area (Å²) in [5, 5.41) is 4.04. The fraction of sp³-hybridized carbons (Fsp3) is 0.421. The summed E-state index contributed by atoms with van der Waals surface area (Å²) in [7, 11) is 0. The van der Waals surface area contributed by atoms with Crippen LogP contribution in [0.5, 0.6) is 0 Å². The number of nitrogens with zero attached hydrogens (tertiary/aromatic N) is 2. The summed E-state index contributed by atoms with van der Waals surface area (Å²) >= 11 is 0. The molecule has 0 aliphatic carbocycles. The van der Waals surface area contributed by atoms with Crippen LogP contribution in [0.25, 0.3) is 5.57 Å². The van der Waals surface area contributed by atoms with E-state index in [1.807, 2.05) is 13.8 Å². The van der Waals surface area contributed by atoms with Gasteiger partial charge in [-0.2, -0.15) is 0 Å². The van der Waals surface area contributed by atoms with Gasteiger partial charge in [-0.1, -0.05) is 42.4 Å². The molecular weight excluding hydrogens is 272 g/mol. The van der Waals surface area contributed by atoms with Crippen LogP contribution in [0, 0.1) is 13.8 Å². The smallest absolute Gasteiger partial charge is 0.138 e. The molecule has 0 amide bonds. The van der Waals surface area contributed by atoms with Crippen LogP contribution in [-0.4, -0.2) is 23.1 Å². The normalized spacial score (nSPS) is 15.9. The molecule has 1 aromatic carbocycles. The summed E-state index contributed by atoms with van der Waals surface area (Å²) < 4.78 is 5.26. The topological polar surface area (TPSA) is 29.3 Å². The van der Waals surface area contributed by atoms with E-state index in [9.17, 15) is 0 Å². The SMILES string of the molecule is CCc1ccc(C2=CCN(Cc3c(C)noc3C)CC2)cc1. The van der Waals surface area contributed by atoms with E-state index in [4.69, 9.17) is 4.52 Å². The summed E-state index contributed by atoms with van der Waals surface area (Å²) in [6.07, 6.45) is 4.57. The maximum atomic E-state index is 5.26. The van der Waals surface area contributed by atoms with Crippen LogP contribution >= 0.6 is 0 Å². The number of benzene rings is 1. The van der Waals surface area contributed by atoms with Gasteiger partial charge in [-0.25, -0.2) is 0 Å². The summed E-state index contributed by atoms with van der Waals surface area (Å²) in [4.78, 5) is 2.45. The van der Waals surface area contributed by atoms with E-state index in [2.05, 4.69) is 47.3 Å². The summed E-state index contributed by atoms with van der Waals surface area (Å²) in [6.45, 7) is 9.23. The highest BCUT2D eigenvalue weighted by Gasteiger charge is 2.17. The monoisotopic (exact) mass is 296 g/mol. The Kier molecular flexibility index (Phi) is 4.44. The highest BCUT2D eigenvalue weighted by atomic mass is 16.5. The average Bonchev–Trinajstić information content (AvgIpc) is 2.88. The van der Waals surface area contributed by atoms with E-state index < -0.39 is 0 Å². The lowest BCUT2D eigenvalue weighted by molar-refractivity contribution is 0.291. The number of hydrogen-bond acceptors (Lipinski definition) is 3. The molecule has 0 atom stereocenters. The van der Waals surface area contributed by atoms with Crippen molar-refractivity contribution in [1.29, 1.82) is 0 Å². The molecule has 22 heavy (non-hydrogen) atoms. The molecule has 3 rings (SSSR count). The minimum Gasteiger partial charge on any atom is -0.361 e. The van der Waals surface area contributed by atoms with Crippen LogP contribution in [0.1, 0.15) is 41.5 Å². The van der Waals surface area contributed by atoms with Crippen molar-refractivity contribution in [2.45, 2.75) is 40.2 Å². The van der Waals surface area contributed by atoms with Gasteiger partial charge in [-0.3, -0.25) is 4.90 Å². The Morgan fingerprint density at radius 2 is 1.95 bits per heavy atom. The Morgan fingerprint density at radius 3 is 2.50 bits per heavy atom. The number of rotatable bonds is 4. The van der Waals surface area contributed by atoms with Gasteiger partial charge in [-0.15, -0.1) is 0 Å². The first-order valence-corrected chi connectivity index (χ1v) is 8.10. The third-order valence-electron chi connectivity index (χ3n) is 4.59. The molecule has 2 aromatic rings. The van der Waals surface area contributed by atoms with E-state index in [-0.39, 0.29) is 0 Å². The third-order valence-corrected chi connectivity index (χ3v) is 4.59. The molecule has 0 saturated heterocycles. The second-order valence-corrected chi connectivity index (χ2v) is 6.07. The van der Waals surface area contributed by atoms with Gasteiger partial charge in [0.05, 0.1) is 5.69 Å². The first-order valence-electron chi connectivity index (χ1n) is 8.10. The first kappa shape index (κ1) is 15.0. The predicted octanol–water partition coefficient (Wildman–Crippen LogP) is 4.14. The minimum atomic E-state index is 0.930. The molecule has 1 aliphatic rings. The molecule has 0 radical (unpaired) electrons. The zero-order valence-electron chi connectivity index (χ0n) is 13.7. The van der Waals surface area contributed by atoms with E-state index in [0.717, 1.165) is 43.9 Å². The van der Waals surface area contributed by atoms with Crippen molar-refractivity contribution in [3.63, 3.8) is 0 Å². The fourth-order valence-electron chi connectivity index (χ4n) is 3.02. The molecule has 116 valence electrons. The number of aryl methyl sites for hydroxylation is 3. The highest BCUT2D eigenvalue weighted by molar-refractivity contribution is 5.66. The number of hydrogen-bond donors (Lipinski definition) is 0. The van der Waals surface area contributed by atoms with Gasteiger partial charge in [0.25, 0.3) is 0 Å². The van der Waals surface area contributed by atoms with Gasteiger partial charge >= 0.3 is 0 Å². The van der Waals surface area contributed by atoms with Gasteiger partial charge < -0.3 is 4.52 Å². The van der Waals surface area contributed by atoms with E-state index in [1.54, 1.807) is 0 Å². The van der Waals surface area contributed by atoms with Gasteiger partial charge in [-0.05, 0) is 43.4 Å². The molecule has 1 aromatic heterocycles. The van der Waals surface area contributed by atoms with Gasteiger partial charge in [0.15, 0.2) is 0 Å². The standard InChI is InChI=1S/C19H24N2O/c1-4-16-5-7-17(8-6-16)18-9-11-21(12-10-18)13-19-14(2)20-22-15(19)3/h5-9H,4,10-13H2,1-3H3. The Morgan fingerprint density at radius 1 is 1.18 bits per heavy atom. The second kappa shape index (κ2) is 6.49. The Bertz CT molecular complexity index is 648. The van der Waals surface area contributed by atoms with Crippen LogP contribution in [0.4, 0.5) is 0 Å². The van der Waals surface area contributed by atoms with Gasteiger partial charge in [0, 0.05) is 25.2 Å². The van der Waals surface area contributed by atoms with Crippen molar-refractivity contribution in [2.75, 3.05) is 13.1 Å². The molecular formula is C19H24N2O. The van der Waals surface area contributed by atoms with E-state index >= 15 is 0 Å².